The molecule has 3 rings (SSSR count). The zero-order chi connectivity index (χ0) is 19.6. The second-order valence-corrected chi connectivity index (χ2v) is 8.53. The first-order chi connectivity index (χ1) is 12.8. The topological polar surface area (TPSA) is 107 Å². The van der Waals surface area contributed by atoms with Crippen LogP contribution in [0, 0.1) is 6.92 Å². The van der Waals surface area contributed by atoms with E-state index in [0.717, 1.165) is 0 Å². The minimum atomic E-state index is -3.55. The van der Waals surface area contributed by atoms with E-state index in [1.165, 1.54) is 20.7 Å². The van der Waals surface area contributed by atoms with Gasteiger partial charge in [-0.3, -0.25) is 4.79 Å². The number of carbonyl (C=O) groups excluding carboxylic acids is 1. The van der Waals surface area contributed by atoms with Gasteiger partial charge in [0.1, 0.15) is 0 Å². The Kier molecular flexibility index (Phi) is 5.80. The van der Waals surface area contributed by atoms with Crippen molar-refractivity contribution in [3.8, 4) is 0 Å². The number of amides is 1. The number of carbonyl (C=O) groups is 2. The highest BCUT2D eigenvalue weighted by molar-refractivity contribution is 7.86. The lowest BCUT2D eigenvalue weighted by Gasteiger charge is -2.37. The number of benzene rings is 1. The summed E-state index contributed by atoms with van der Waals surface area (Å²) in [4.78, 5) is 25.5. The van der Waals surface area contributed by atoms with Gasteiger partial charge in [-0.05, 0) is 30.7 Å². The lowest BCUT2D eigenvalue weighted by atomic mass is 10.1. The molecule has 148 valence electrons. The summed E-state index contributed by atoms with van der Waals surface area (Å²) < 4.78 is 33.4. The highest BCUT2D eigenvalue weighted by Crippen LogP contribution is 2.17. The minimum absolute atomic E-state index is 0.0619. The third-order valence-corrected chi connectivity index (χ3v) is 6.76. The van der Waals surface area contributed by atoms with Gasteiger partial charge >= 0.3 is 5.97 Å². The molecule has 0 bridgehead atoms. The molecule has 0 aromatic heterocycles. The van der Waals surface area contributed by atoms with Crippen molar-refractivity contribution in [1.82, 2.24) is 13.5 Å². The number of aromatic carboxylic acids is 1. The first-order valence-corrected chi connectivity index (χ1v) is 10.2. The molecule has 0 spiro atoms. The molecule has 1 N–H and O–H groups in total. The van der Waals surface area contributed by atoms with E-state index < -0.39 is 16.2 Å². The molecular formula is C17H23N3O6S. The lowest BCUT2D eigenvalue weighted by molar-refractivity contribution is 0.0636. The summed E-state index contributed by atoms with van der Waals surface area (Å²) in [5.41, 5.74) is 1.05. The fourth-order valence-corrected chi connectivity index (χ4v) is 4.84. The number of morpholine rings is 1. The van der Waals surface area contributed by atoms with Crippen molar-refractivity contribution < 1.29 is 27.9 Å². The van der Waals surface area contributed by atoms with Crippen LogP contribution in [0.4, 0.5) is 0 Å². The monoisotopic (exact) mass is 397 g/mol. The number of carboxylic acids is 1. The molecule has 10 heteroatoms. The third kappa shape index (κ3) is 4.29. The second-order valence-electron chi connectivity index (χ2n) is 6.60. The summed E-state index contributed by atoms with van der Waals surface area (Å²) in [5.74, 6) is -1.38. The number of ether oxygens (including phenoxy) is 1. The van der Waals surface area contributed by atoms with E-state index in [0.29, 0.717) is 37.4 Å². The summed E-state index contributed by atoms with van der Waals surface area (Å²) in [6, 6.07) is 4.51. The Morgan fingerprint density at radius 2 is 1.48 bits per heavy atom. The van der Waals surface area contributed by atoms with Crippen LogP contribution in [-0.4, -0.2) is 91.4 Å². The van der Waals surface area contributed by atoms with Gasteiger partial charge < -0.3 is 14.7 Å². The number of rotatable bonds is 4. The van der Waals surface area contributed by atoms with E-state index >= 15 is 0 Å². The maximum absolute atomic E-state index is 12.7. The number of aryl methyl sites for hydroxylation is 1. The number of nitrogens with zero attached hydrogens (tertiary/aromatic N) is 3. The van der Waals surface area contributed by atoms with Gasteiger partial charge in [-0.1, -0.05) is 0 Å². The van der Waals surface area contributed by atoms with E-state index in [1.807, 2.05) is 0 Å². The van der Waals surface area contributed by atoms with Crippen LogP contribution in [0.1, 0.15) is 26.3 Å². The van der Waals surface area contributed by atoms with E-state index in [4.69, 9.17) is 9.84 Å². The Balaban J connectivity index is 1.67. The Bertz CT molecular complexity index is 827. The van der Waals surface area contributed by atoms with Crippen LogP contribution in [0.15, 0.2) is 18.2 Å². The zero-order valence-electron chi connectivity index (χ0n) is 15.1. The van der Waals surface area contributed by atoms with Crippen molar-refractivity contribution in [1.29, 1.82) is 0 Å². The normalized spacial score (nSPS) is 19.8. The Morgan fingerprint density at radius 1 is 0.926 bits per heavy atom. The third-order valence-electron chi connectivity index (χ3n) is 4.72. The SMILES string of the molecule is Cc1cc(C(=O)O)cc(C(=O)N2CCN(S(=O)(=O)N3CCOCC3)CC2)c1. The van der Waals surface area contributed by atoms with E-state index in [-0.39, 0.29) is 37.6 Å². The van der Waals surface area contributed by atoms with Gasteiger partial charge in [0.2, 0.25) is 0 Å². The van der Waals surface area contributed by atoms with E-state index in [2.05, 4.69) is 0 Å². The van der Waals surface area contributed by atoms with Crippen LogP contribution >= 0.6 is 0 Å². The maximum Gasteiger partial charge on any atom is 0.335 e. The van der Waals surface area contributed by atoms with Gasteiger partial charge in [0.25, 0.3) is 16.1 Å². The summed E-state index contributed by atoms with van der Waals surface area (Å²) in [7, 11) is -3.55. The fourth-order valence-electron chi connectivity index (χ4n) is 3.28. The summed E-state index contributed by atoms with van der Waals surface area (Å²) in [6.07, 6.45) is 0. The van der Waals surface area contributed by atoms with Crippen molar-refractivity contribution in [3.63, 3.8) is 0 Å². The van der Waals surface area contributed by atoms with E-state index in [9.17, 15) is 18.0 Å². The average molecular weight is 397 g/mol. The van der Waals surface area contributed by atoms with E-state index in [1.54, 1.807) is 17.9 Å². The molecule has 0 aliphatic carbocycles. The molecule has 0 saturated carbocycles. The van der Waals surface area contributed by atoms with Gasteiger partial charge in [-0.25, -0.2) is 4.79 Å². The molecule has 2 fully saturated rings. The van der Waals surface area contributed by atoms with Gasteiger partial charge in [-0.15, -0.1) is 0 Å². The van der Waals surface area contributed by atoms with Crippen molar-refractivity contribution in [3.05, 3.63) is 34.9 Å². The fraction of sp³-hybridized carbons (Fsp3) is 0.529. The quantitative estimate of drug-likeness (QED) is 0.768. The molecule has 9 nitrogen and oxygen atoms in total. The molecule has 2 aliphatic rings. The Morgan fingerprint density at radius 3 is 2.07 bits per heavy atom. The van der Waals surface area contributed by atoms with Crippen LogP contribution in [0.3, 0.4) is 0 Å². The first-order valence-electron chi connectivity index (χ1n) is 8.76. The highest BCUT2D eigenvalue weighted by Gasteiger charge is 2.34. The predicted octanol–water partition coefficient (Wildman–Crippen LogP) is 0.0280. The predicted molar refractivity (Wildman–Crippen MR) is 96.9 cm³/mol. The number of piperazine rings is 1. The molecule has 0 atom stereocenters. The standard InChI is InChI=1S/C17H23N3O6S/c1-13-10-14(12-15(11-13)17(22)23)16(21)18-2-4-19(5-3-18)27(24,25)20-6-8-26-9-7-20/h10-12H,2-9H2,1H3,(H,22,23). The van der Waals surface area contributed by atoms with Crippen LogP contribution < -0.4 is 0 Å². The number of hydrogen-bond donors (Lipinski definition) is 1. The van der Waals surface area contributed by atoms with Gasteiger partial charge in [0.05, 0.1) is 18.8 Å². The minimum Gasteiger partial charge on any atom is -0.478 e. The van der Waals surface area contributed by atoms with Crippen molar-refractivity contribution in [2.24, 2.45) is 0 Å². The molecule has 0 radical (unpaired) electrons. The van der Waals surface area contributed by atoms with Crippen LogP contribution in [-0.2, 0) is 14.9 Å². The van der Waals surface area contributed by atoms with Crippen molar-refractivity contribution >= 4 is 22.1 Å². The summed E-state index contributed by atoms with van der Waals surface area (Å²) >= 11 is 0. The van der Waals surface area contributed by atoms with Crippen molar-refractivity contribution in [2.45, 2.75) is 6.92 Å². The van der Waals surface area contributed by atoms with Crippen molar-refractivity contribution in [2.75, 3.05) is 52.5 Å². The highest BCUT2D eigenvalue weighted by atomic mass is 32.2. The number of hydrogen-bond acceptors (Lipinski definition) is 5. The molecular weight excluding hydrogens is 374 g/mol. The Labute approximate surface area is 158 Å². The lowest BCUT2D eigenvalue weighted by Crippen LogP contribution is -2.55. The van der Waals surface area contributed by atoms with Crippen LogP contribution in [0.2, 0.25) is 0 Å². The van der Waals surface area contributed by atoms with Gasteiger partial charge in [0.15, 0.2) is 0 Å². The van der Waals surface area contributed by atoms with Crippen LogP contribution in [0.5, 0.6) is 0 Å². The second kappa shape index (κ2) is 7.93. The molecule has 1 aromatic carbocycles. The largest absolute Gasteiger partial charge is 0.478 e. The first kappa shape index (κ1) is 19.7. The smallest absolute Gasteiger partial charge is 0.335 e. The molecule has 1 aromatic rings. The zero-order valence-corrected chi connectivity index (χ0v) is 15.9. The molecule has 2 heterocycles. The molecule has 0 unspecified atom stereocenters. The average Bonchev–Trinajstić information content (AvgIpc) is 2.67. The molecule has 1 amide bonds. The van der Waals surface area contributed by atoms with Gasteiger partial charge in [-0.2, -0.15) is 17.0 Å². The van der Waals surface area contributed by atoms with Crippen LogP contribution in [0.25, 0.3) is 0 Å². The molecule has 2 saturated heterocycles. The summed E-state index contributed by atoms with van der Waals surface area (Å²) in [6.45, 7) is 4.12. The number of carboxylic acid groups (broad SMARTS) is 1. The maximum atomic E-state index is 12.7. The molecule has 27 heavy (non-hydrogen) atoms. The summed E-state index contributed by atoms with van der Waals surface area (Å²) in [5, 5.41) is 9.16. The Hall–Kier alpha value is -2.01. The van der Waals surface area contributed by atoms with Gasteiger partial charge in [0, 0.05) is 44.8 Å². The molecule has 2 aliphatic heterocycles.